The number of hydrogen-bond acceptors (Lipinski definition) is 2. The lowest BCUT2D eigenvalue weighted by atomic mass is 10.1. The zero-order chi connectivity index (χ0) is 18.3. The SMILES string of the molecule is CC(C)Cc1cnn(C(C)C)c1.CC(C)Cn1cc(C(C)C)cn1. The third-order valence-electron chi connectivity index (χ3n) is 3.70. The molecule has 0 saturated carbocycles. The Morgan fingerprint density at radius 3 is 1.92 bits per heavy atom. The zero-order valence-corrected chi connectivity index (χ0v) is 16.8. The molecule has 0 atom stereocenters. The zero-order valence-electron chi connectivity index (χ0n) is 16.8. The first-order valence-corrected chi connectivity index (χ1v) is 9.24. The Morgan fingerprint density at radius 2 is 1.50 bits per heavy atom. The van der Waals surface area contributed by atoms with Crippen LogP contribution in [0.1, 0.15) is 78.5 Å². The van der Waals surface area contributed by atoms with Gasteiger partial charge in [0.25, 0.3) is 0 Å². The first-order valence-electron chi connectivity index (χ1n) is 9.24. The maximum Gasteiger partial charge on any atom is 0.0524 e. The van der Waals surface area contributed by atoms with E-state index in [0.717, 1.165) is 18.9 Å². The molecule has 2 heterocycles. The smallest absolute Gasteiger partial charge is 0.0524 e. The molecule has 0 aliphatic carbocycles. The van der Waals surface area contributed by atoms with Gasteiger partial charge in [0.1, 0.15) is 0 Å². The van der Waals surface area contributed by atoms with Crippen LogP contribution in [0.15, 0.2) is 24.8 Å². The third kappa shape index (κ3) is 7.33. The van der Waals surface area contributed by atoms with Gasteiger partial charge in [-0.15, -0.1) is 0 Å². The van der Waals surface area contributed by atoms with Gasteiger partial charge in [-0.3, -0.25) is 9.36 Å². The summed E-state index contributed by atoms with van der Waals surface area (Å²) in [5.41, 5.74) is 2.68. The van der Waals surface area contributed by atoms with Crippen molar-refractivity contribution in [2.75, 3.05) is 0 Å². The maximum atomic E-state index is 4.29. The average molecular weight is 333 g/mol. The summed E-state index contributed by atoms with van der Waals surface area (Å²) in [6.07, 6.45) is 9.36. The van der Waals surface area contributed by atoms with Crippen LogP contribution in [0.4, 0.5) is 0 Å². The number of aromatic nitrogens is 4. The topological polar surface area (TPSA) is 35.6 Å². The normalized spacial score (nSPS) is 11.5. The van der Waals surface area contributed by atoms with E-state index < -0.39 is 0 Å². The Hall–Kier alpha value is -1.58. The molecule has 0 aliphatic rings. The minimum Gasteiger partial charge on any atom is -0.272 e. The number of rotatable bonds is 6. The van der Waals surface area contributed by atoms with Crippen LogP contribution in [0, 0.1) is 11.8 Å². The van der Waals surface area contributed by atoms with Crippen LogP contribution >= 0.6 is 0 Å². The molecule has 4 heteroatoms. The fourth-order valence-corrected chi connectivity index (χ4v) is 2.39. The second-order valence-corrected chi connectivity index (χ2v) is 8.06. The molecule has 2 aromatic heterocycles. The van der Waals surface area contributed by atoms with Crippen molar-refractivity contribution >= 4 is 0 Å². The van der Waals surface area contributed by atoms with Crippen LogP contribution in [0.25, 0.3) is 0 Å². The second-order valence-electron chi connectivity index (χ2n) is 8.06. The van der Waals surface area contributed by atoms with Gasteiger partial charge in [-0.25, -0.2) is 0 Å². The monoisotopic (exact) mass is 332 g/mol. The van der Waals surface area contributed by atoms with Crippen molar-refractivity contribution in [2.45, 2.75) is 80.3 Å². The highest BCUT2D eigenvalue weighted by atomic mass is 15.3. The molecule has 0 unspecified atom stereocenters. The standard InChI is InChI=1S/2C10H18N2/c1-8(2)6-12-7-10(5-11-12)9(3)4;1-8(2)5-10-6-11-12(7-10)9(3)4/h5,7-9H,6H2,1-4H3;6-9H,5H2,1-4H3. The Morgan fingerprint density at radius 1 is 0.833 bits per heavy atom. The van der Waals surface area contributed by atoms with Crippen molar-refractivity contribution in [3.8, 4) is 0 Å². The number of hydrogen-bond donors (Lipinski definition) is 0. The van der Waals surface area contributed by atoms with E-state index in [1.54, 1.807) is 0 Å². The summed E-state index contributed by atoms with van der Waals surface area (Å²) < 4.78 is 4.04. The van der Waals surface area contributed by atoms with Crippen molar-refractivity contribution in [1.82, 2.24) is 19.6 Å². The average Bonchev–Trinajstić information content (AvgIpc) is 3.07. The molecule has 0 N–H and O–H groups in total. The molecule has 0 amide bonds. The van der Waals surface area contributed by atoms with Gasteiger partial charge >= 0.3 is 0 Å². The summed E-state index contributed by atoms with van der Waals surface area (Å²) in [7, 11) is 0. The van der Waals surface area contributed by atoms with E-state index in [4.69, 9.17) is 0 Å². The summed E-state index contributed by atoms with van der Waals surface area (Å²) in [6.45, 7) is 18.6. The van der Waals surface area contributed by atoms with Crippen LogP contribution < -0.4 is 0 Å². The molecule has 0 aliphatic heterocycles. The Balaban J connectivity index is 0.000000240. The molecule has 136 valence electrons. The summed E-state index contributed by atoms with van der Waals surface area (Å²) in [5.74, 6) is 1.98. The molecule has 0 bridgehead atoms. The maximum absolute atomic E-state index is 4.29. The summed E-state index contributed by atoms with van der Waals surface area (Å²) in [5, 5.41) is 8.58. The van der Waals surface area contributed by atoms with E-state index >= 15 is 0 Å². The van der Waals surface area contributed by atoms with Crippen molar-refractivity contribution in [2.24, 2.45) is 11.8 Å². The summed E-state index contributed by atoms with van der Waals surface area (Å²) in [4.78, 5) is 0. The van der Waals surface area contributed by atoms with E-state index in [1.165, 1.54) is 11.1 Å². The highest BCUT2D eigenvalue weighted by Crippen LogP contribution is 2.13. The molecule has 0 fully saturated rings. The molecule has 0 saturated heterocycles. The highest BCUT2D eigenvalue weighted by Gasteiger charge is 2.04. The predicted molar refractivity (Wildman–Crippen MR) is 102 cm³/mol. The Kier molecular flexibility index (Phi) is 8.23. The van der Waals surface area contributed by atoms with Crippen molar-refractivity contribution < 1.29 is 0 Å². The summed E-state index contributed by atoms with van der Waals surface area (Å²) >= 11 is 0. The van der Waals surface area contributed by atoms with Crippen molar-refractivity contribution in [3.63, 3.8) is 0 Å². The molecular weight excluding hydrogens is 296 g/mol. The van der Waals surface area contributed by atoms with Gasteiger partial charge in [-0.05, 0) is 49.1 Å². The van der Waals surface area contributed by atoms with Crippen molar-refractivity contribution in [1.29, 1.82) is 0 Å². The molecule has 2 aromatic rings. The van der Waals surface area contributed by atoms with Crippen LogP contribution in [0.5, 0.6) is 0 Å². The first-order chi connectivity index (χ1) is 11.2. The van der Waals surface area contributed by atoms with E-state index in [-0.39, 0.29) is 0 Å². The first kappa shape index (κ1) is 20.5. The molecule has 0 radical (unpaired) electrons. The van der Waals surface area contributed by atoms with Crippen LogP contribution in [-0.2, 0) is 13.0 Å². The Labute approximate surface area is 148 Å². The quantitative estimate of drug-likeness (QED) is 0.717. The lowest BCUT2D eigenvalue weighted by molar-refractivity contribution is 0.482. The second kappa shape index (κ2) is 9.65. The minimum absolute atomic E-state index is 0.478. The molecule has 0 aromatic carbocycles. The summed E-state index contributed by atoms with van der Waals surface area (Å²) in [6, 6.07) is 0.478. The van der Waals surface area contributed by atoms with E-state index in [0.29, 0.717) is 17.9 Å². The lowest BCUT2D eigenvalue weighted by Crippen LogP contribution is -2.04. The predicted octanol–water partition coefficient (Wildman–Crippen LogP) is 5.33. The van der Waals surface area contributed by atoms with E-state index in [2.05, 4.69) is 78.0 Å². The Bertz CT molecular complexity index is 524. The van der Waals surface area contributed by atoms with E-state index in [1.807, 2.05) is 21.8 Å². The van der Waals surface area contributed by atoms with Gasteiger partial charge in [0.2, 0.25) is 0 Å². The molecule has 24 heavy (non-hydrogen) atoms. The molecule has 4 nitrogen and oxygen atoms in total. The molecule has 0 spiro atoms. The van der Waals surface area contributed by atoms with Crippen molar-refractivity contribution in [3.05, 3.63) is 35.9 Å². The van der Waals surface area contributed by atoms with Gasteiger partial charge in [-0.1, -0.05) is 41.5 Å². The van der Waals surface area contributed by atoms with Crippen LogP contribution in [0.3, 0.4) is 0 Å². The fraction of sp³-hybridized carbons (Fsp3) is 0.700. The van der Waals surface area contributed by atoms with Gasteiger partial charge in [0.15, 0.2) is 0 Å². The minimum atomic E-state index is 0.478. The molecular formula is C20H36N4. The van der Waals surface area contributed by atoms with Gasteiger partial charge in [-0.2, -0.15) is 10.2 Å². The largest absolute Gasteiger partial charge is 0.272 e. The van der Waals surface area contributed by atoms with Gasteiger partial charge < -0.3 is 0 Å². The van der Waals surface area contributed by atoms with Gasteiger partial charge in [0, 0.05) is 25.0 Å². The number of nitrogens with zero attached hydrogens (tertiary/aromatic N) is 4. The fourth-order valence-electron chi connectivity index (χ4n) is 2.39. The van der Waals surface area contributed by atoms with E-state index in [9.17, 15) is 0 Å². The highest BCUT2D eigenvalue weighted by molar-refractivity contribution is 5.08. The van der Waals surface area contributed by atoms with Crippen LogP contribution in [-0.4, -0.2) is 19.6 Å². The molecule has 2 rings (SSSR count). The van der Waals surface area contributed by atoms with Crippen LogP contribution in [0.2, 0.25) is 0 Å². The van der Waals surface area contributed by atoms with Gasteiger partial charge in [0.05, 0.1) is 12.4 Å². The third-order valence-corrected chi connectivity index (χ3v) is 3.70. The lowest BCUT2D eigenvalue weighted by Gasteiger charge is -2.03.